The lowest BCUT2D eigenvalue weighted by Crippen LogP contribution is -1.98. The lowest BCUT2D eigenvalue weighted by Gasteiger charge is -2.07. The summed E-state index contributed by atoms with van der Waals surface area (Å²) in [5, 5.41) is 18.5. The van der Waals surface area contributed by atoms with Gasteiger partial charge in [-0.2, -0.15) is 0 Å². The van der Waals surface area contributed by atoms with Gasteiger partial charge in [0.1, 0.15) is 5.75 Å². The van der Waals surface area contributed by atoms with E-state index in [2.05, 4.69) is 0 Å². The number of benzene rings is 2. The molecular formula is C16H16O3. The Morgan fingerprint density at radius 1 is 1.00 bits per heavy atom. The second-order valence-electron chi connectivity index (χ2n) is 4.52. The van der Waals surface area contributed by atoms with Gasteiger partial charge in [0, 0.05) is 12.8 Å². The van der Waals surface area contributed by atoms with Gasteiger partial charge in [-0.1, -0.05) is 42.5 Å². The first-order valence-corrected chi connectivity index (χ1v) is 6.21. The number of rotatable bonds is 5. The zero-order chi connectivity index (χ0) is 13.7. The fourth-order valence-corrected chi connectivity index (χ4v) is 2.00. The van der Waals surface area contributed by atoms with E-state index in [1.807, 2.05) is 36.4 Å². The maximum atomic E-state index is 10.6. The molecule has 98 valence electrons. The van der Waals surface area contributed by atoms with E-state index in [1.54, 1.807) is 12.1 Å². The second kappa shape index (κ2) is 6.05. The van der Waals surface area contributed by atoms with E-state index in [-0.39, 0.29) is 12.2 Å². The predicted molar refractivity (Wildman–Crippen MR) is 73.3 cm³/mol. The van der Waals surface area contributed by atoms with Crippen LogP contribution in [0, 0.1) is 0 Å². The summed E-state index contributed by atoms with van der Waals surface area (Å²) in [4.78, 5) is 10.6. The molecule has 0 fully saturated rings. The first-order valence-electron chi connectivity index (χ1n) is 6.21. The van der Waals surface area contributed by atoms with Crippen LogP contribution >= 0.6 is 0 Å². The second-order valence-corrected chi connectivity index (χ2v) is 4.52. The SMILES string of the molecule is O=C(O)CCc1ccc(O)c(Cc2ccccc2)c1. The Bertz CT molecular complexity index is 561. The molecule has 0 saturated carbocycles. The van der Waals surface area contributed by atoms with Crippen LogP contribution < -0.4 is 0 Å². The molecule has 0 aliphatic rings. The zero-order valence-electron chi connectivity index (χ0n) is 10.5. The summed E-state index contributed by atoms with van der Waals surface area (Å²) in [6.07, 6.45) is 1.24. The van der Waals surface area contributed by atoms with Crippen molar-refractivity contribution >= 4 is 5.97 Å². The lowest BCUT2D eigenvalue weighted by atomic mass is 10.00. The van der Waals surface area contributed by atoms with Crippen molar-refractivity contribution in [2.75, 3.05) is 0 Å². The van der Waals surface area contributed by atoms with Gasteiger partial charge in [-0.05, 0) is 29.2 Å². The Morgan fingerprint density at radius 2 is 1.74 bits per heavy atom. The number of carbonyl (C=O) groups is 1. The van der Waals surface area contributed by atoms with Crippen LogP contribution in [0.3, 0.4) is 0 Å². The highest BCUT2D eigenvalue weighted by Gasteiger charge is 2.05. The van der Waals surface area contributed by atoms with Gasteiger partial charge >= 0.3 is 5.97 Å². The summed E-state index contributed by atoms with van der Waals surface area (Å²) in [6.45, 7) is 0. The average molecular weight is 256 g/mol. The third-order valence-corrected chi connectivity index (χ3v) is 3.01. The molecule has 3 heteroatoms. The molecule has 0 heterocycles. The number of hydrogen-bond acceptors (Lipinski definition) is 2. The number of aliphatic carboxylic acids is 1. The van der Waals surface area contributed by atoms with Gasteiger partial charge in [-0.15, -0.1) is 0 Å². The highest BCUT2D eigenvalue weighted by Crippen LogP contribution is 2.22. The molecule has 0 aliphatic heterocycles. The number of carboxylic acids is 1. The minimum atomic E-state index is -0.808. The zero-order valence-corrected chi connectivity index (χ0v) is 10.5. The first-order chi connectivity index (χ1) is 9.15. The highest BCUT2D eigenvalue weighted by molar-refractivity contribution is 5.67. The van der Waals surface area contributed by atoms with Crippen LogP contribution in [0.5, 0.6) is 5.75 Å². The Kier molecular flexibility index (Phi) is 4.18. The summed E-state index contributed by atoms with van der Waals surface area (Å²) in [5.41, 5.74) is 2.88. The smallest absolute Gasteiger partial charge is 0.303 e. The molecule has 0 atom stereocenters. The van der Waals surface area contributed by atoms with Crippen molar-refractivity contribution in [1.29, 1.82) is 0 Å². The van der Waals surface area contributed by atoms with Crippen molar-refractivity contribution in [3.63, 3.8) is 0 Å². The number of phenols is 1. The number of hydrogen-bond donors (Lipinski definition) is 2. The molecule has 0 amide bonds. The molecule has 0 radical (unpaired) electrons. The van der Waals surface area contributed by atoms with Crippen LogP contribution in [0.25, 0.3) is 0 Å². The molecule has 0 aliphatic carbocycles. The van der Waals surface area contributed by atoms with Crippen LogP contribution in [0.4, 0.5) is 0 Å². The standard InChI is InChI=1S/C16H16O3/c17-15-8-6-13(7-9-16(18)19)11-14(15)10-12-4-2-1-3-5-12/h1-6,8,11,17H,7,9-10H2,(H,18,19). The molecule has 0 unspecified atom stereocenters. The molecule has 2 rings (SSSR count). The molecule has 0 aromatic heterocycles. The van der Waals surface area contributed by atoms with Crippen molar-refractivity contribution in [2.45, 2.75) is 19.3 Å². The molecule has 3 nitrogen and oxygen atoms in total. The molecule has 0 spiro atoms. The van der Waals surface area contributed by atoms with Crippen LogP contribution in [-0.4, -0.2) is 16.2 Å². The molecule has 0 saturated heterocycles. The minimum absolute atomic E-state index is 0.107. The van der Waals surface area contributed by atoms with Gasteiger partial charge in [0.05, 0.1) is 0 Å². The Morgan fingerprint density at radius 3 is 2.42 bits per heavy atom. The average Bonchev–Trinajstić information content (AvgIpc) is 2.41. The summed E-state index contributed by atoms with van der Waals surface area (Å²) >= 11 is 0. The van der Waals surface area contributed by atoms with Crippen molar-refractivity contribution < 1.29 is 15.0 Å². The fourth-order valence-electron chi connectivity index (χ4n) is 2.00. The van der Waals surface area contributed by atoms with Crippen LogP contribution in [-0.2, 0) is 17.6 Å². The van der Waals surface area contributed by atoms with Crippen LogP contribution in [0.1, 0.15) is 23.1 Å². The Labute approximate surface area is 112 Å². The lowest BCUT2D eigenvalue weighted by molar-refractivity contribution is -0.136. The summed E-state index contributed by atoms with van der Waals surface area (Å²) in [6, 6.07) is 15.2. The molecule has 2 aromatic rings. The van der Waals surface area contributed by atoms with Gasteiger partial charge in [-0.3, -0.25) is 4.79 Å². The van der Waals surface area contributed by atoms with Crippen molar-refractivity contribution in [3.8, 4) is 5.75 Å². The number of aromatic hydroxyl groups is 1. The number of carboxylic acid groups (broad SMARTS) is 1. The third-order valence-electron chi connectivity index (χ3n) is 3.01. The first kappa shape index (κ1) is 13.1. The molecule has 2 N–H and O–H groups in total. The third kappa shape index (κ3) is 3.85. The largest absolute Gasteiger partial charge is 0.508 e. The van der Waals surface area contributed by atoms with E-state index in [9.17, 15) is 9.90 Å². The number of phenolic OH excluding ortho intramolecular Hbond substituents is 1. The number of aryl methyl sites for hydroxylation is 1. The fraction of sp³-hybridized carbons (Fsp3) is 0.188. The van der Waals surface area contributed by atoms with Gasteiger partial charge in [0.25, 0.3) is 0 Å². The van der Waals surface area contributed by atoms with Crippen LogP contribution in [0.2, 0.25) is 0 Å². The van der Waals surface area contributed by atoms with Crippen LogP contribution in [0.15, 0.2) is 48.5 Å². The Balaban J connectivity index is 2.15. The quantitative estimate of drug-likeness (QED) is 0.864. The van der Waals surface area contributed by atoms with Crippen molar-refractivity contribution in [1.82, 2.24) is 0 Å². The van der Waals surface area contributed by atoms with Crippen molar-refractivity contribution in [2.24, 2.45) is 0 Å². The maximum absolute atomic E-state index is 10.6. The van der Waals surface area contributed by atoms with Gasteiger partial charge < -0.3 is 10.2 Å². The highest BCUT2D eigenvalue weighted by atomic mass is 16.4. The van der Waals surface area contributed by atoms with E-state index in [1.165, 1.54) is 0 Å². The monoisotopic (exact) mass is 256 g/mol. The Hall–Kier alpha value is -2.29. The summed E-state index contributed by atoms with van der Waals surface area (Å²) in [7, 11) is 0. The maximum Gasteiger partial charge on any atom is 0.303 e. The van der Waals surface area contributed by atoms with E-state index < -0.39 is 5.97 Å². The van der Waals surface area contributed by atoms with Crippen molar-refractivity contribution in [3.05, 3.63) is 65.2 Å². The topological polar surface area (TPSA) is 57.5 Å². The van der Waals surface area contributed by atoms with Gasteiger partial charge in [0.2, 0.25) is 0 Å². The predicted octanol–water partition coefficient (Wildman–Crippen LogP) is 3.00. The summed E-state index contributed by atoms with van der Waals surface area (Å²) < 4.78 is 0. The summed E-state index contributed by atoms with van der Waals surface area (Å²) in [5.74, 6) is -0.555. The van der Waals surface area contributed by atoms with E-state index >= 15 is 0 Å². The molecular weight excluding hydrogens is 240 g/mol. The van der Waals surface area contributed by atoms with Gasteiger partial charge in [0.15, 0.2) is 0 Å². The van der Waals surface area contributed by atoms with E-state index in [0.29, 0.717) is 12.8 Å². The molecule has 0 bridgehead atoms. The molecule has 2 aromatic carbocycles. The molecule has 19 heavy (non-hydrogen) atoms. The van der Waals surface area contributed by atoms with Gasteiger partial charge in [-0.25, -0.2) is 0 Å². The van der Waals surface area contributed by atoms with E-state index in [4.69, 9.17) is 5.11 Å². The normalized spacial score (nSPS) is 10.3. The minimum Gasteiger partial charge on any atom is -0.508 e. The van der Waals surface area contributed by atoms with E-state index in [0.717, 1.165) is 16.7 Å².